The number of hydrogen-bond donors (Lipinski definition) is 1. The molecule has 1 fully saturated rings. The monoisotopic (exact) mass is 316 g/mol. The third-order valence-corrected chi connectivity index (χ3v) is 3.15. The van der Waals surface area contributed by atoms with Crippen molar-refractivity contribution in [1.82, 2.24) is 10.2 Å². The molecule has 22 heavy (non-hydrogen) atoms. The first-order chi connectivity index (χ1) is 10.3. The second-order valence-corrected chi connectivity index (χ2v) is 6.16. The smallest absolute Gasteiger partial charge is 0.410 e. The Morgan fingerprint density at radius 2 is 1.91 bits per heavy atom. The SMILES string of the molecule is CCOC(=O)N(CCNC(=O)OC(C)(C)C)C1CCOCC1. The van der Waals surface area contributed by atoms with Gasteiger partial charge < -0.3 is 24.4 Å². The molecule has 0 atom stereocenters. The molecule has 2 amide bonds. The first kappa shape index (κ1) is 18.5. The van der Waals surface area contributed by atoms with E-state index in [1.54, 1.807) is 32.6 Å². The fraction of sp³-hybridized carbons (Fsp3) is 0.867. The third-order valence-electron chi connectivity index (χ3n) is 3.15. The lowest BCUT2D eigenvalue weighted by Gasteiger charge is -2.33. The maximum Gasteiger partial charge on any atom is 0.410 e. The van der Waals surface area contributed by atoms with Crippen molar-refractivity contribution in [3.8, 4) is 0 Å². The molecule has 0 aliphatic carbocycles. The highest BCUT2D eigenvalue weighted by molar-refractivity contribution is 5.69. The van der Waals surface area contributed by atoms with Crippen LogP contribution in [0.1, 0.15) is 40.5 Å². The van der Waals surface area contributed by atoms with E-state index in [0.29, 0.717) is 32.9 Å². The van der Waals surface area contributed by atoms with E-state index in [1.807, 2.05) is 0 Å². The molecule has 128 valence electrons. The van der Waals surface area contributed by atoms with Crippen molar-refractivity contribution in [1.29, 1.82) is 0 Å². The van der Waals surface area contributed by atoms with Gasteiger partial charge in [-0.15, -0.1) is 0 Å². The van der Waals surface area contributed by atoms with Crippen molar-refractivity contribution in [2.24, 2.45) is 0 Å². The maximum absolute atomic E-state index is 12.1. The average molecular weight is 316 g/mol. The van der Waals surface area contributed by atoms with E-state index in [2.05, 4.69) is 5.32 Å². The number of carbonyl (C=O) groups excluding carboxylic acids is 2. The van der Waals surface area contributed by atoms with Gasteiger partial charge in [-0.3, -0.25) is 0 Å². The summed E-state index contributed by atoms with van der Waals surface area (Å²) in [6.07, 6.45) is 0.736. The fourth-order valence-corrected chi connectivity index (χ4v) is 2.22. The van der Waals surface area contributed by atoms with Crippen molar-refractivity contribution in [3.63, 3.8) is 0 Å². The van der Waals surface area contributed by atoms with Crippen LogP contribution in [0, 0.1) is 0 Å². The molecule has 0 aromatic rings. The van der Waals surface area contributed by atoms with E-state index in [4.69, 9.17) is 14.2 Å². The van der Waals surface area contributed by atoms with Crippen LogP contribution in [-0.2, 0) is 14.2 Å². The Morgan fingerprint density at radius 3 is 2.45 bits per heavy atom. The molecule has 7 nitrogen and oxygen atoms in total. The number of rotatable bonds is 5. The van der Waals surface area contributed by atoms with Gasteiger partial charge in [0.05, 0.1) is 6.61 Å². The molecule has 0 radical (unpaired) electrons. The molecule has 1 N–H and O–H groups in total. The zero-order chi connectivity index (χ0) is 16.6. The van der Waals surface area contributed by atoms with Gasteiger partial charge in [0.2, 0.25) is 0 Å². The Morgan fingerprint density at radius 1 is 1.27 bits per heavy atom. The molecule has 1 aliphatic heterocycles. The molecule has 0 spiro atoms. The molecule has 0 bridgehead atoms. The topological polar surface area (TPSA) is 77.1 Å². The van der Waals surface area contributed by atoms with Gasteiger partial charge in [0, 0.05) is 32.3 Å². The summed E-state index contributed by atoms with van der Waals surface area (Å²) in [4.78, 5) is 25.4. The standard InChI is InChI=1S/C15H28N2O5/c1-5-21-14(19)17(12-6-10-20-11-7-12)9-8-16-13(18)22-15(2,3)4/h12H,5-11H2,1-4H3,(H,16,18). The number of amides is 2. The first-order valence-corrected chi connectivity index (χ1v) is 7.81. The molecule has 0 unspecified atom stereocenters. The number of carbonyl (C=O) groups is 2. The highest BCUT2D eigenvalue weighted by atomic mass is 16.6. The van der Waals surface area contributed by atoms with E-state index >= 15 is 0 Å². The maximum atomic E-state index is 12.1. The minimum Gasteiger partial charge on any atom is -0.450 e. The van der Waals surface area contributed by atoms with Crippen molar-refractivity contribution in [2.45, 2.75) is 52.2 Å². The van der Waals surface area contributed by atoms with Crippen molar-refractivity contribution in [3.05, 3.63) is 0 Å². The summed E-state index contributed by atoms with van der Waals surface area (Å²) in [6, 6.07) is 0.0910. The largest absolute Gasteiger partial charge is 0.450 e. The van der Waals surface area contributed by atoms with Gasteiger partial charge in [-0.25, -0.2) is 9.59 Å². The molecule has 1 rings (SSSR count). The van der Waals surface area contributed by atoms with Gasteiger partial charge in [0.15, 0.2) is 0 Å². The number of nitrogens with one attached hydrogen (secondary N) is 1. The molecular weight excluding hydrogens is 288 g/mol. The van der Waals surface area contributed by atoms with Crippen LogP contribution in [0.15, 0.2) is 0 Å². The molecule has 0 aromatic carbocycles. The van der Waals surface area contributed by atoms with Gasteiger partial charge in [-0.2, -0.15) is 0 Å². The molecule has 1 heterocycles. The molecule has 0 saturated carbocycles. The van der Waals surface area contributed by atoms with Gasteiger partial charge in [-0.1, -0.05) is 0 Å². The van der Waals surface area contributed by atoms with E-state index < -0.39 is 11.7 Å². The third kappa shape index (κ3) is 6.98. The van der Waals surface area contributed by atoms with Crippen LogP contribution in [0.2, 0.25) is 0 Å². The van der Waals surface area contributed by atoms with Crippen molar-refractivity contribution < 1.29 is 23.8 Å². The summed E-state index contributed by atoms with van der Waals surface area (Å²) in [5.74, 6) is 0. The number of ether oxygens (including phenoxy) is 3. The van der Waals surface area contributed by atoms with Crippen molar-refractivity contribution >= 4 is 12.2 Å². The van der Waals surface area contributed by atoms with Gasteiger partial charge in [-0.05, 0) is 40.5 Å². The van der Waals surface area contributed by atoms with Crippen LogP contribution in [0.3, 0.4) is 0 Å². The van der Waals surface area contributed by atoms with Crippen LogP contribution in [0.25, 0.3) is 0 Å². The highest BCUT2D eigenvalue weighted by Crippen LogP contribution is 2.15. The Labute approximate surface area is 132 Å². The Bertz CT molecular complexity index is 361. The van der Waals surface area contributed by atoms with Crippen LogP contribution >= 0.6 is 0 Å². The summed E-state index contributed by atoms with van der Waals surface area (Å²) < 4.78 is 15.6. The lowest BCUT2D eigenvalue weighted by atomic mass is 10.1. The Kier molecular flexibility index (Phi) is 7.44. The highest BCUT2D eigenvalue weighted by Gasteiger charge is 2.26. The summed E-state index contributed by atoms with van der Waals surface area (Å²) in [5.41, 5.74) is -0.536. The van der Waals surface area contributed by atoms with E-state index in [9.17, 15) is 9.59 Å². The summed E-state index contributed by atoms with van der Waals surface area (Å²) >= 11 is 0. The summed E-state index contributed by atoms with van der Waals surface area (Å²) in [7, 11) is 0. The van der Waals surface area contributed by atoms with Crippen LogP contribution in [-0.4, -0.2) is 61.6 Å². The van der Waals surface area contributed by atoms with Gasteiger partial charge >= 0.3 is 12.2 Å². The second-order valence-electron chi connectivity index (χ2n) is 6.16. The van der Waals surface area contributed by atoms with Gasteiger partial charge in [0.1, 0.15) is 5.60 Å². The average Bonchev–Trinajstić information content (AvgIpc) is 2.43. The first-order valence-electron chi connectivity index (χ1n) is 7.81. The van der Waals surface area contributed by atoms with E-state index in [-0.39, 0.29) is 12.1 Å². The van der Waals surface area contributed by atoms with Crippen LogP contribution in [0.5, 0.6) is 0 Å². The van der Waals surface area contributed by atoms with Crippen LogP contribution < -0.4 is 5.32 Å². The zero-order valence-electron chi connectivity index (χ0n) is 14.0. The molecule has 7 heteroatoms. The lowest BCUT2D eigenvalue weighted by molar-refractivity contribution is 0.0258. The zero-order valence-corrected chi connectivity index (χ0v) is 14.0. The molecule has 1 saturated heterocycles. The molecule has 1 aliphatic rings. The van der Waals surface area contributed by atoms with E-state index in [1.165, 1.54) is 0 Å². The normalized spacial score (nSPS) is 16.0. The summed E-state index contributed by atoms with van der Waals surface area (Å²) in [5, 5.41) is 2.66. The minimum absolute atomic E-state index is 0.0910. The molecule has 0 aromatic heterocycles. The lowest BCUT2D eigenvalue weighted by Crippen LogP contribution is -2.47. The molecular formula is C15H28N2O5. The number of nitrogens with zero attached hydrogens (tertiary/aromatic N) is 1. The summed E-state index contributed by atoms with van der Waals surface area (Å²) in [6.45, 7) is 9.52. The minimum atomic E-state index is -0.536. The second kappa shape index (κ2) is 8.82. The Balaban J connectivity index is 2.46. The fourth-order valence-electron chi connectivity index (χ4n) is 2.22. The van der Waals surface area contributed by atoms with Gasteiger partial charge in [0.25, 0.3) is 0 Å². The van der Waals surface area contributed by atoms with Crippen molar-refractivity contribution in [2.75, 3.05) is 32.9 Å². The predicted molar refractivity (Wildman–Crippen MR) is 81.8 cm³/mol. The Hall–Kier alpha value is -1.50. The van der Waals surface area contributed by atoms with Crippen LogP contribution in [0.4, 0.5) is 9.59 Å². The number of hydrogen-bond acceptors (Lipinski definition) is 5. The number of alkyl carbamates (subject to hydrolysis) is 1. The quantitative estimate of drug-likeness (QED) is 0.841. The van der Waals surface area contributed by atoms with E-state index in [0.717, 1.165) is 12.8 Å². The predicted octanol–water partition coefficient (Wildman–Crippen LogP) is 2.15.